The molecular formula is C24H30N2O2. The Labute approximate surface area is 167 Å². The highest BCUT2D eigenvalue weighted by atomic mass is 16.5. The summed E-state index contributed by atoms with van der Waals surface area (Å²) in [7, 11) is 0. The van der Waals surface area contributed by atoms with Gasteiger partial charge >= 0.3 is 0 Å². The van der Waals surface area contributed by atoms with E-state index in [0.717, 1.165) is 25.1 Å². The molecule has 0 bridgehead atoms. The van der Waals surface area contributed by atoms with Crippen molar-refractivity contribution in [3.8, 4) is 5.75 Å². The number of hydrogen-bond acceptors (Lipinski definition) is 3. The number of amides is 1. The van der Waals surface area contributed by atoms with Crippen molar-refractivity contribution in [2.24, 2.45) is 0 Å². The van der Waals surface area contributed by atoms with Crippen LogP contribution in [0.3, 0.4) is 0 Å². The molecule has 2 aromatic rings. The Morgan fingerprint density at radius 3 is 2.57 bits per heavy atom. The topological polar surface area (TPSA) is 41.6 Å². The van der Waals surface area contributed by atoms with Crippen LogP contribution in [-0.4, -0.2) is 30.5 Å². The maximum absolute atomic E-state index is 12.3. The summed E-state index contributed by atoms with van der Waals surface area (Å²) < 4.78 is 5.71. The van der Waals surface area contributed by atoms with Crippen molar-refractivity contribution in [2.75, 3.05) is 19.7 Å². The highest BCUT2D eigenvalue weighted by Gasteiger charge is 2.14. The van der Waals surface area contributed by atoms with Gasteiger partial charge in [-0.15, -0.1) is 0 Å². The van der Waals surface area contributed by atoms with Crippen molar-refractivity contribution in [1.29, 1.82) is 0 Å². The van der Waals surface area contributed by atoms with Crippen LogP contribution in [0.5, 0.6) is 5.75 Å². The lowest BCUT2D eigenvalue weighted by atomic mass is 10.0. The first-order valence-corrected chi connectivity index (χ1v) is 10.6. The van der Waals surface area contributed by atoms with Crippen molar-refractivity contribution in [3.05, 3.63) is 64.7 Å². The maximum Gasteiger partial charge on any atom is 0.258 e. The zero-order valence-electron chi connectivity index (χ0n) is 16.6. The molecule has 4 rings (SSSR count). The molecule has 1 heterocycles. The Balaban J connectivity index is 1.27. The smallest absolute Gasteiger partial charge is 0.258 e. The number of carbonyl (C=O) groups is 1. The van der Waals surface area contributed by atoms with Gasteiger partial charge in [-0.3, -0.25) is 9.69 Å². The Bertz CT molecular complexity index is 812. The Hall–Kier alpha value is -2.33. The number of carbonyl (C=O) groups excluding carboxylic acids is 1. The van der Waals surface area contributed by atoms with E-state index in [1.165, 1.54) is 61.0 Å². The Kier molecular flexibility index (Phi) is 6.27. The quantitative estimate of drug-likeness (QED) is 0.796. The van der Waals surface area contributed by atoms with Crippen molar-refractivity contribution >= 4 is 5.91 Å². The van der Waals surface area contributed by atoms with Gasteiger partial charge in [0.25, 0.3) is 5.91 Å². The van der Waals surface area contributed by atoms with Gasteiger partial charge in [0.05, 0.1) is 0 Å². The molecule has 1 amide bonds. The summed E-state index contributed by atoms with van der Waals surface area (Å²) in [5.74, 6) is 0.717. The first-order valence-electron chi connectivity index (χ1n) is 10.6. The van der Waals surface area contributed by atoms with Crippen LogP contribution in [0.25, 0.3) is 0 Å². The molecule has 4 nitrogen and oxygen atoms in total. The number of nitrogens with one attached hydrogen (secondary N) is 1. The molecule has 0 radical (unpaired) electrons. The maximum atomic E-state index is 12.3. The standard InChI is InChI=1S/C24H30N2O2/c27-24(18-28-23-12-11-19-9-6-10-20(19)15-23)25-16-21-7-2-3-8-22(21)17-26-13-4-1-5-14-26/h2-3,7-8,11-12,15H,1,4-6,9-10,13-14,16-18H2,(H,25,27). The molecule has 1 aliphatic heterocycles. The second-order valence-corrected chi connectivity index (χ2v) is 7.95. The van der Waals surface area contributed by atoms with E-state index in [-0.39, 0.29) is 12.5 Å². The number of ether oxygens (including phenoxy) is 1. The fraction of sp³-hybridized carbons (Fsp3) is 0.458. The number of piperidine rings is 1. The van der Waals surface area contributed by atoms with Gasteiger partial charge in [0.15, 0.2) is 6.61 Å². The summed E-state index contributed by atoms with van der Waals surface area (Å²) in [4.78, 5) is 14.8. The lowest BCUT2D eigenvalue weighted by Gasteiger charge is -2.27. The van der Waals surface area contributed by atoms with Gasteiger partial charge in [-0.2, -0.15) is 0 Å². The molecule has 0 spiro atoms. The normalized spacial score (nSPS) is 16.6. The molecule has 1 N–H and O–H groups in total. The van der Waals surface area contributed by atoms with E-state index >= 15 is 0 Å². The van der Waals surface area contributed by atoms with Crippen molar-refractivity contribution in [2.45, 2.75) is 51.6 Å². The van der Waals surface area contributed by atoms with E-state index in [0.29, 0.717) is 6.54 Å². The largest absolute Gasteiger partial charge is 0.484 e. The number of nitrogens with zero attached hydrogens (tertiary/aromatic N) is 1. The van der Waals surface area contributed by atoms with E-state index in [1.54, 1.807) is 0 Å². The van der Waals surface area contributed by atoms with E-state index in [2.05, 4.69) is 40.5 Å². The second-order valence-electron chi connectivity index (χ2n) is 7.95. The molecule has 0 aromatic heterocycles. The van der Waals surface area contributed by atoms with Crippen LogP contribution in [0, 0.1) is 0 Å². The first kappa shape index (κ1) is 19.0. The predicted molar refractivity (Wildman–Crippen MR) is 111 cm³/mol. The highest BCUT2D eigenvalue weighted by molar-refractivity contribution is 5.77. The summed E-state index contributed by atoms with van der Waals surface area (Å²) in [6.45, 7) is 3.94. The third kappa shape index (κ3) is 4.93. The van der Waals surface area contributed by atoms with Crippen LogP contribution in [0.1, 0.15) is 47.9 Å². The van der Waals surface area contributed by atoms with Gasteiger partial charge in [-0.05, 0) is 79.6 Å². The fourth-order valence-electron chi connectivity index (χ4n) is 4.27. The summed E-state index contributed by atoms with van der Waals surface area (Å²) in [5, 5.41) is 3.02. The van der Waals surface area contributed by atoms with Crippen LogP contribution in [0.2, 0.25) is 0 Å². The molecule has 1 fully saturated rings. The number of hydrogen-bond donors (Lipinski definition) is 1. The monoisotopic (exact) mass is 378 g/mol. The minimum atomic E-state index is -0.0757. The number of aryl methyl sites for hydroxylation is 2. The minimum absolute atomic E-state index is 0.0626. The first-order chi connectivity index (χ1) is 13.8. The van der Waals surface area contributed by atoms with Crippen LogP contribution < -0.4 is 10.1 Å². The fourth-order valence-corrected chi connectivity index (χ4v) is 4.27. The molecule has 2 aliphatic rings. The van der Waals surface area contributed by atoms with E-state index in [4.69, 9.17) is 4.74 Å². The molecule has 1 aliphatic carbocycles. The van der Waals surface area contributed by atoms with Gasteiger partial charge in [-0.1, -0.05) is 36.8 Å². The highest BCUT2D eigenvalue weighted by Crippen LogP contribution is 2.26. The van der Waals surface area contributed by atoms with Crippen LogP contribution in [0.15, 0.2) is 42.5 Å². The van der Waals surface area contributed by atoms with Crippen LogP contribution in [-0.2, 0) is 30.7 Å². The Morgan fingerprint density at radius 2 is 1.71 bits per heavy atom. The van der Waals surface area contributed by atoms with Crippen molar-refractivity contribution in [1.82, 2.24) is 10.2 Å². The molecule has 28 heavy (non-hydrogen) atoms. The SMILES string of the molecule is O=C(COc1ccc2c(c1)CCC2)NCc1ccccc1CN1CCCCC1. The summed E-state index contributed by atoms with van der Waals surface area (Å²) in [5.41, 5.74) is 5.29. The summed E-state index contributed by atoms with van der Waals surface area (Å²) in [6, 6.07) is 14.6. The van der Waals surface area contributed by atoms with Gasteiger partial charge in [-0.25, -0.2) is 0 Å². The average Bonchev–Trinajstić information content (AvgIpc) is 3.20. The van der Waals surface area contributed by atoms with Gasteiger partial charge in [0.1, 0.15) is 5.75 Å². The lowest BCUT2D eigenvalue weighted by molar-refractivity contribution is -0.123. The Morgan fingerprint density at radius 1 is 0.929 bits per heavy atom. The number of fused-ring (bicyclic) bond motifs is 1. The zero-order chi connectivity index (χ0) is 19.2. The average molecular weight is 379 g/mol. The molecule has 2 aromatic carbocycles. The molecule has 0 unspecified atom stereocenters. The third-order valence-corrected chi connectivity index (χ3v) is 5.88. The minimum Gasteiger partial charge on any atom is -0.484 e. The number of rotatable bonds is 7. The van der Waals surface area contributed by atoms with E-state index in [9.17, 15) is 4.79 Å². The van der Waals surface area contributed by atoms with Gasteiger partial charge in [0.2, 0.25) is 0 Å². The molecule has 0 saturated carbocycles. The third-order valence-electron chi connectivity index (χ3n) is 5.88. The van der Waals surface area contributed by atoms with Crippen LogP contribution >= 0.6 is 0 Å². The van der Waals surface area contributed by atoms with Crippen molar-refractivity contribution < 1.29 is 9.53 Å². The molecule has 148 valence electrons. The predicted octanol–water partition coefficient (Wildman–Crippen LogP) is 3.86. The van der Waals surface area contributed by atoms with Gasteiger partial charge in [0, 0.05) is 13.1 Å². The molecule has 4 heteroatoms. The lowest BCUT2D eigenvalue weighted by Crippen LogP contribution is -2.31. The zero-order valence-corrected chi connectivity index (χ0v) is 16.6. The van der Waals surface area contributed by atoms with Crippen molar-refractivity contribution in [3.63, 3.8) is 0 Å². The summed E-state index contributed by atoms with van der Waals surface area (Å²) >= 11 is 0. The van der Waals surface area contributed by atoms with Crippen LogP contribution in [0.4, 0.5) is 0 Å². The van der Waals surface area contributed by atoms with Gasteiger partial charge < -0.3 is 10.1 Å². The summed E-state index contributed by atoms with van der Waals surface area (Å²) in [6.07, 6.45) is 7.42. The number of benzene rings is 2. The molecule has 0 atom stereocenters. The number of likely N-dealkylation sites (tertiary alicyclic amines) is 1. The van der Waals surface area contributed by atoms with E-state index in [1.807, 2.05) is 12.1 Å². The molecular weight excluding hydrogens is 348 g/mol. The van der Waals surface area contributed by atoms with E-state index < -0.39 is 0 Å². The molecule has 1 saturated heterocycles. The second kappa shape index (κ2) is 9.24.